The molecule has 0 aromatic carbocycles. The first-order valence-electron chi connectivity index (χ1n) is 4.72. The molecule has 1 amide bonds. The molecule has 1 heterocycles. The van der Waals surface area contributed by atoms with E-state index in [-0.39, 0.29) is 5.91 Å². The first-order chi connectivity index (χ1) is 5.74. The molecule has 1 aliphatic heterocycles. The van der Waals surface area contributed by atoms with E-state index >= 15 is 0 Å². The van der Waals surface area contributed by atoms with Crippen LogP contribution in [-0.2, 0) is 4.79 Å². The topological polar surface area (TPSA) is 46.3 Å². The third-order valence-corrected chi connectivity index (χ3v) is 2.37. The summed E-state index contributed by atoms with van der Waals surface area (Å²) in [5.41, 5.74) is 5.32. The SMILES string of the molecule is C[C@H]1CCCN(C(=O)CCN)C1. The molecule has 1 fully saturated rings. The Kier molecular flexibility index (Phi) is 3.53. The Labute approximate surface area is 73.9 Å². The molecule has 0 bridgehead atoms. The summed E-state index contributed by atoms with van der Waals surface area (Å²) in [5, 5.41) is 0. The van der Waals surface area contributed by atoms with Crippen molar-refractivity contribution in [1.82, 2.24) is 4.90 Å². The summed E-state index contributed by atoms with van der Waals surface area (Å²) in [7, 11) is 0. The van der Waals surface area contributed by atoms with Crippen molar-refractivity contribution in [3.8, 4) is 0 Å². The van der Waals surface area contributed by atoms with Gasteiger partial charge in [-0.2, -0.15) is 0 Å². The molecule has 2 N–H and O–H groups in total. The number of carbonyl (C=O) groups excluding carboxylic acids is 1. The number of nitrogens with two attached hydrogens (primary N) is 1. The Morgan fingerprint density at radius 2 is 2.42 bits per heavy atom. The van der Waals surface area contributed by atoms with Crippen molar-refractivity contribution in [1.29, 1.82) is 0 Å². The van der Waals surface area contributed by atoms with Crippen LogP contribution < -0.4 is 5.73 Å². The molecule has 0 saturated carbocycles. The van der Waals surface area contributed by atoms with Crippen LogP contribution >= 0.6 is 0 Å². The van der Waals surface area contributed by atoms with Gasteiger partial charge in [0.1, 0.15) is 0 Å². The van der Waals surface area contributed by atoms with Crippen LogP contribution in [0.3, 0.4) is 0 Å². The predicted octanol–water partition coefficient (Wildman–Crippen LogP) is 0.594. The minimum absolute atomic E-state index is 0.226. The van der Waals surface area contributed by atoms with Crippen LogP contribution in [0.4, 0.5) is 0 Å². The van der Waals surface area contributed by atoms with Crippen molar-refractivity contribution < 1.29 is 4.79 Å². The molecule has 0 spiro atoms. The van der Waals surface area contributed by atoms with Gasteiger partial charge in [0.15, 0.2) is 0 Å². The van der Waals surface area contributed by atoms with Gasteiger partial charge in [0.25, 0.3) is 0 Å². The van der Waals surface area contributed by atoms with Crippen LogP contribution in [0.5, 0.6) is 0 Å². The number of rotatable bonds is 2. The molecule has 70 valence electrons. The predicted molar refractivity (Wildman–Crippen MR) is 48.6 cm³/mol. The molecule has 3 nitrogen and oxygen atoms in total. The first kappa shape index (κ1) is 9.52. The van der Waals surface area contributed by atoms with E-state index in [0.717, 1.165) is 19.5 Å². The van der Waals surface area contributed by atoms with Gasteiger partial charge in [-0.1, -0.05) is 6.92 Å². The van der Waals surface area contributed by atoms with Crippen LogP contribution in [0.15, 0.2) is 0 Å². The second kappa shape index (κ2) is 4.45. The minimum Gasteiger partial charge on any atom is -0.342 e. The average molecular weight is 170 g/mol. The fourth-order valence-corrected chi connectivity index (χ4v) is 1.70. The maximum Gasteiger partial charge on any atom is 0.223 e. The summed E-state index contributed by atoms with van der Waals surface area (Å²) in [5.74, 6) is 0.893. The highest BCUT2D eigenvalue weighted by Gasteiger charge is 2.19. The molecule has 1 atom stereocenters. The van der Waals surface area contributed by atoms with Crippen LogP contribution in [0.2, 0.25) is 0 Å². The quantitative estimate of drug-likeness (QED) is 0.659. The van der Waals surface area contributed by atoms with E-state index in [9.17, 15) is 4.79 Å². The van der Waals surface area contributed by atoms with Gasteiger partial charge < -0.3 is 10.6 Å². The second-order valence-corrected chi connectivity index (χ2v) is 3.63. The maximum absolute atomic E-state index is 11.4. The number of hydrogen-bond donors (Lipinski definition) is 1. The Morgan fingerprint density at radius 1 is 1.67 bits per heavy atom. The third-order valence-electron chi connectivity index (χ3n) is 2.37. The molecule has 1 rings (SSSR count). The van der Waals surface area contributed by atoms with Crippen molar-refractivity contribution in [2.24, 2.45) is 11.7 Å². The summed E-state index contributed by atoms with van der Waals surface area (Å²) in [6.07, 6.45) is 2.91. The second-order valence-electron chi connectivity index (χ2n) is 3.63. The van der Waals surface area contributed by atoms with E-state index < -0.39 is 0 Å². The smallest absolute Gasteiger partial charge is 0.223 e. The van der Waals surface area contributed by atoms with Crippen LogP contribution in [0.25, 0.3) is 0 Å². The highest BCUT2D eigenvalue weighted by Crippen LogP contribution is 2.15. The largest absolute Gasteiger partial charge is 0.342 e. The van der Waals surface area contributed by atoms with E-state index in [4.69, 9.17) is 5.73 Å². The van der Waals surface area contributed by atoms with Gasteiger partial charge in [0, 0.05) is 26.1 Å². The molecule has 12 heavy (non-hydrogen) atoms. The molecule has 3 heteroatoms. The van der Waals surface area contributed by atoms with Crippen LogP contribution in [0, 0.1) is 5.92 Å². The number of carbonyl (C=O) groups is 1. The molecule has 0 unspecified atom stereocenters. The number of hydrogen-bond acceptors (Lipinski definition) is 2. The van der Waals surface area contributed by atoms with Gasteiger partial charge >= 0.3 is 0 Å². The minimum atomic E-state index is 0.226. The lowest BCUT2D eigenvalue weighted by molar-refractivity contribution is -0.132. The van der Waals surface area contributed by atoms with E-state index in [1.54, 1.807) is 0 Å². The fourth-order valence-electron chi connectivity index (χ4n) is 1.70. The summed E-state index contributed by atoms with van der Waals surface area (Å²) in [4.78, 5) is 13.3. The van der Waals surface area contributed by atoms with E-state index in [1.807, 2.05) is 4.90 Å². The van der Waals surface area contributed by atoms with E-state index in [1.165, 1.54) is 6.42 Å². The maximum atomic E-state index is 11.4. The molecular formula is C9H18N2O. The Balaban J connectivity index is 2.35. The standard InChI is InChI=1S/C9H18N2O/c1-8-3-2-6-11(7-8)9(12)4-5-10/h8H,2-7,10H2,1H3/t8-/m0/s1. The molecule has 0 aromatic rings. The molecule has 0 aliphatic carbocycles. The Bertz CT molecular complexity index is 159. The summed E-state index contributed by atoms with van der Waals surface area (Å²) in [6, 6.07) is 0. The van der Waals surface area contributed by atoms with Crippen LogP contribution in [0.1, 0.15) is 26.2 Å². The normalized spacial score (nSPS) is 24.2. The van der Waals surface area contributed by atoms with Crippen LogP contribution in [-0.4, -0.2) is 30.4 Å². The van der Waals surface area contributed by atoms with Gasteiger partial charge in [-0.25, -0.2) is 0 Å². The summed E-state index contributed by atoms with van der Waals surface area (Å²) >= 11 is 0. The molecule has 0 aromatic heterocycles. The van der Waals surface area contributed by atoms with Gasteiger partial charge in [-0.05, 0) is 18.8 Å². The van der Waals surface area contributed by atoms with Crippen molar-refractivity contribution in [2.75, 3.05) is 19.6 Å². The van der Waals surface area contributed by atoms with Crippen molar-refractivity contribution in [2.45, 2.75) is 26.2 Å². The van der Waals surface area contributed by atoms with Gasteiger partial charge in [-0.15, -0.1) is 0 Å². The first-order valence-corrected chi connectivity index (χ1v) is 4.72. The molecule has 1 saturated heterocycles. The van der Waals surface area contributed by atoms with E-state index in [2.05, 4.69) is 6.92 Å². The van der Waals surface area contributed by atoms with Gasteiger partial charge in [0.2, 0.25) is 5.91 Å². The monoisotopic (exact) mass is 170 g/mol. The molecular weight excluding hydrogens is 152 g/mol. The van der Waals surface area contributed by atoms with E-state index in [0.29, 0.717) is 18.9 Å². The average Bonchev–Trinajstić information content (AvgIpc) is 2.05. The highest BCUT2D eigenvalue weighted by atomic mass is 16.2. The molecule has 1 aliphatic rings. The van der Waals surface area contributed by atoms with Crippen molar-refractivity contribution in [3.05, 3.63) is 0 Å². The lowest BCUT2D eigenvalue weighted by Crippen LogP contribution is -2.39. The van der Waals surface area contributed by atoms with Gasteiger partial charge in [-0.3, -0.25) is 4.79 Å². The fraction of sp³-hybridized carbons (Fsp3) is 0.889. The van der Waals surface area contributed by atoms with Crippen molar-refractivity contribution in [3.63, 3.8) is 0 Å². The number of nitrogens with zero attached hydrogens (tertiary/aromatic N) is 1. The lowest BCUT2D eigenvalue weighted by atomic mass is 10.0. The third kappa shape index (κ3) is 2.48. The zero-order chi connectivity index (χ0) is 8.97. The number of amides is 1. The highest BCUT2D eigenvalue weighted by molar-refractivity contribution is 5.76. The van der Waals surface area contributed by atoms with Gasteiger partial charge in [0.05, 0.1) is 0 Å². The Morgan fingerprint density at radius 3 is 3.00 bits per heavy atom. The zero-order valence-corrected chi connectivity index (χ0v) is 7.75. The summed E-state index contributed by atoms with van der Waals surface area (Å²) < 4.78 is 0. The molecule has 0 radical (unpaired) electrons. The summed E-state index contributed by atoms with van der Waals surface area (Å²) in [6.45, 7) is 4.54. The van der Waals surface area contributed by atoms with Crippen molar-refractivity contribution >= 4 is 5.91 Å². The number of likely N-dealkylation sites (tertiary alicyclic amines) is 1. The number of piperidine rings is 1. The zero-order valence-electron chi connectivity index (χ0n) is 7.75. The Hall–Kier alpha value is -0.570. The lowest BCUT2D eigenvalue weighted by Gasteiger charge is -2.30.